The van der Waals surface area contributed by atoms with Crippen molar-refractivity contribution in [2.75, 3.05) is 18.4 Å². The van der Waals surface area contributed by atoms with Gasteiger partial charge in [0.2, 0.25) is 0 Å². The smallest absolute Gasteiger partial charge is 0.261 e. The van der Waals surface area contributed by atoms with E-state index in [1.165, 1.54) is 5.56 Å². The number of fused-ring (bicyclic) bond motifs is 1. The Morgan fingerprint density at radius 1 is 1.08 bits per heavy atom. The van der Waals surface area contributed by atoms with Crippen LogP contribution in [0.15, 0.2) is 67.0 Å². The zero-order valence-corrected chi connectivity index (χ0v) is 14.5. The summed E-state index contributed by atoms with van der Waals surface area (Å²) in [5.74, 6) is 0.303. The van der Waals surface area contributed by atoms with Gasteiger partial charge in [0, 0.05) is 47.9 Å². The summed E-state index contributed by atoms with van der Waals surface area (Å²) in [5.41, 5.74) is 2.21. The molecule has 0 unspecified atom stereocenters. The normalized spacial score (nSPS) is 19.7. The molecule has 5 heteroatoms. The van der Waals surface area contributed by atoms with Crippen molar-refractivity contribution < 1.29 is 4.74 Å². The molecule has 0 saturated carbocycles. The largest absolute Gasteiger partial charge is 0.465 e. The number of ether oxygens (including phenoxy) is 1. The maximum absolute atomic E-state index is 6.07. The van der Waals surface area contributed by atoms with E-state index in [9.17, 15) is 0 Å². The van der Waals surface area contributed by atoms with E-state index in [0.717, 1.165) is 29.5 Å². The molecule has 2 heterocycles. The summed E-state index contributed by atoms with van der Waals surface area (Å²) in [7, 11) is 0. The van der Waals surface area contributed by atoms with Gasteiger partial charge in [0.05, 0.1) is 0 Å². The number of aromatic nitrogens is 1. The van der Waals surface area contributed by atoms with Gasteiger partial charge < -0.3 is 15.4 Å². The molecule has 0 bridgehead atoms. The molecule has 1 aromatic heterocycles. The number of anilines is 1. The molecule has 2 atom stereocenters. The summed E-state index contributed by atoms with van der Waals surface area (Å²) in [6, 6.07) is 18.4. The van der Waals surface area contributed by atoms with Gasteiger partial charge in [0.1, 0.15) is 6.10 Å². The second-order valence-corrected chi connectivity index (χ2v) is 6.52. The average molecular weight is 349 g/mol. The lowest BCUT2D eigenvalue weighted by Crippen LogP contribution is -2.27. The van der Waals surface area contributed by atoms with Gasteiger partial charge >= 0.3 is 0 Å². The monoisotopic (exact) mass is 349 g/mol. The van der Waals surface area contributed by atoms with Crippen molar-refractivity contribution in [3.63, 3.8) is 0 Å². The zero-order chi connectivity index (χ0) is 17.1. The van der Waals surface area contributed by atoms with Crippen molar-refractivity contribution >= 4 is 33.9 Å². The Morgan fingerprint density at radius 2 is 1.96 bits per heavy atom. The Labute approximate surface area is 152 Å². The van der Waals surface area contributed by atoms with Crippen LogP contribution >= 0.6 is 12.2 Å². The minimum atomic E-state index is 0.0269. The maximum atomic E-state index is 6.07. The van der Waals surface area contributed by atoms with Crippen molar-refractivity contribution in [2.45, 2.75) is 12.0 Å². The second kappa shape index (κ2) is 7.17. The summed E-state index contributed by atoms with van der Waals surface area (Å²) >= 11 is 5.46. The first-order valence-electron chi connectivity index (χ1n) is 8.37. The topological polar surface area (TPSA) is 46.2 Å². The van der Waals surface area contributed by atoms with Gasteiger partial charge in [-0.2, -0.15) is 0 Å². The number of pyridine rings is 1. The van der Waals surface area contributed by atoms with Crippen LogP contribution in [0.3, 0.4) is 0 Å². The van der Waals surface area contributed by atoms with Crippen molar-refractivity contribution in [3.8, 4) is 0 Å². The summed E-state index contributed by atoms with van der Waals surface area (Å²) in [5, 5.41) is 9.18. The first-order valence-corrected chi connectivity index (χ1v) is 8.78. The number of hydrogen-bond donors (Lipinski definition) is 2. The minimum Gasteiger partial charge on any atom is -0.465 e. The Kier molecular flexibility index (Phi) is 4.59. The van der Waals surface area contributed by atoms with Crippen LogP contribution in [0.1, 0.15) is 11.5 Å². The Morgan fingerprint density at radius 3 is 2.84 bits per heavy atom. The highest BCUT2D eigenvalue weighted by molar-refractivity contribution is 7.80. The molecule has 1 aliphatic rings. The number of thiocarbonyl (C=S) groups is 1. The van der Waals surface area contributed by atoms with Crippen LogP contribution in [0.5, 0.6) is 0 Å². The lowest BCUT2D eigenvalue weighted by molar-refractivity contribution is 0.196. The molecule has 1 aliphatic heterocycles. The lowest BCUT2D eigenvalue weighted by atomic mass is 9.96. The molecule has 2 N–H and O–H groups in total. The highest BCUT2D eigenvalue weighted by Crippen LogP contribution is 2.26. The first kappa shape index (κ1) is 16.0. The Balaban J connectivity index is 1.48. The van der Waals surface area contributed by atoms with Gasteiger partial charge in [-0.15, -0.1) is 0 Å². The predicted molar refractivity (Wildman–Crippen MR) is 105 cm³/mol. The Bertz CT molecular complexity index is 879. The first-order chi connectivity index (χ1) is 12.3. The minimum absolute atomic E-state index is 0.0269. The van der Waals surface area contributed by atoms with Crippen LogP contribution < -0.4 is 10.6 Å². The molecule has 126 valence electrons. The fourth-order valence-electron chi connectivity index (χ4n) is 3.32. The van der Waals surface area contributed by atoms with Crippen LogP contribution in [-0.4, -0.2) is 29.4 Å². The van der Waals surface area contributed by atoms with Crippen LogP contribution in [0, 0.1) is 0 Å². The molecule has 2 aromatic carbocycles. The SMILES string of the molecule is S=C(Nc1cccc2cnccc12)O[C@@H]1CNC[C@H]1c1ccccc1. The fraction of sp³-hybridized carbons (Fsp3) is 0.200. The molecule has 3 aromatic rings. The van der Waals surface area contributed by atoms with Crippen molar-refractivity contribution in [3.05, 3.63) is 72.6 Å². The van der Waals surface area contributed by atoms with E-state index < -0.39 is 0 Å². The summed E-state index contributed by atoms with van der Waals surface area (Å²) in [6.07, 6.45) is 3.65. The number of nitrogens with one attached hydrogen (secondary N) is 2. The molecule has 1 saturated heterocycles. The van der Waals surface area contributed by atoms with Gasteiger partial charge in [0.25, 0.3) is 5.17 Å². The maximum Gasteiger partial charge on any atom is 0.261 e. The van der Waals surface area contributed by atoms with E-state index in [0.29, 0.717) is 11.1 Å². The van der Waals surface area contributed by atoms with Gasteiger partial charge in [-0.25, -0.2) is 0 Å². The number of rotatable bonds is 3. The van der Waals surface area contributed by atoms with E-state index in [4.69, 9.17) is 17.0 Å². The van der Waals surface area contributed by atoms with Gasteiger partial charge in [0.15, 0.2) is 0 Å². The molecule has 25 heavy (non-hydrogen) atoms. The molecular formula is C20H19N3OS. The van der Waals surface area contributed by atoms with Gasteiger partial charge in [-0.3, -0.25) is 4.98 Å². The molecule has 1 fully saturated rings. The second-order valence-electron chi connectivity index (χ2n) is 6.15. The van der Waals surface area contributed by atoms with E-state index in [1.807, 2.05) is 36.5 Å². The van der Waals surface area contributed by atoms with Crippen LogP contribution in [-0.2, 0) is 4.74 Å². The Hall–Kier alpha value is -2.50. The molecule has 0 spiro atoms. The van der Waals surface area contributed by atoms with Gasteiger partial charge in [-0.05, 0) is 29.9 Å². The number of nitrogens with zero attached hydrogens (tertiary/aromatic N) is 1. The van der Waals surface area contributed by atoms with Crippen molar-refractivity contribution in [2.24, 2.45) is 0 Å². The molecule has 0 aliphatic carbocycles. The highest BCUT2D eigenvalue weighted by Gasteiger charge is 2.30. The molecule has 4 rings (SSSR count). The van der Waals surface area contributed by atoms with Crippen LogP contribution in [0.4, 0.5) is 5.69 Å². The third-order valence-corrected chi connectivity index (χ3v) is 4.76. The third kappa shape index (κ3) is 3.48. The van der Waals surface area contributed by atoms with Gasteiger partial charge in [-0.1, -0.05) is 42.5 Å². The molecule has 4 nitrogen and oxygen atoms in total. The van der Waals surface area contributed by atoms with E-state index in [1.54, 1.807) is 6.20 Å². The quantitative estimate of drug-likeness (QED) is 0.706. The highest BCUT2D eigenvalue weighted by atomic mass is 32.1. The van der Waals surface area contributed by atoms with Crippen molar-refractivity contribution in [1.82, 2.24) is 10.3 Å². The summed E-state index contributed by atoms with van der Waals surface area (Å²) in [6.45, 7) is 1.69. The average Bonchev–Trinajstić information content (AvgIpc) is 3.11. The van der Waals surface area contributed by atoms with E-state index >= 15 is 0 Å². The van der Waals surface area contributed by atoms with E-state index in [-0.39, 0.29) is 6.10 Å². The number of hydrogen-bond acceptors (Lipinski definition) is 4. The summed E-state index contributed by atoms with van der Waals surface area (Å²) < 4.78 is 6.07. The molecular weight excluding hydrogens is 330 g/mol. The number of benzene rings is 2. The fourth-order valence-corrected chi connectivity index (χ4v) is 3.55. The molecule has 0 radical (unpaired) electrons. The zero-order valence-electron chi connectivity index (χ0n) is 13.7. The summed E-state index contributed by atoms with van der Waals surface area (Å²) in [4.78, 5) is 4.16. The van der Waals surface area contributed by atoms with Crippen LogP contribution in [0.25, 0.3) is 10.8 Å². The van der Waals surface area contributed by atoms with Crippen molar-refractivity contribution in [1.29, 1.82) is 0 Å². The standard InChI is InChI=1S/C20H19N3OS/c25-20(23-18-8-4-7-15-11-21-10-9-16(15)18)24-19-13-22-12-17(19)14-5-2-1-3-6-14/h1-11,17,19,22H,12-13H2,(H,23,25)/t17-,19+/m0/s1. The van der Waals surface area contributed by atoms with E-state index in [2.05, 4.69) is 39.9 Å². The third-order valence-electron chi connectivity index (χ3n) is 4.56. The predicted octanol–water partition coefficient (Wildman–Crippen LogP) is 3.70. The van der Waals surface area contributed by atoms with Crippen LogP contribution in [0.2, 0.25) is 0 Å². The lowest BCUT2D eigenvalue weighted by Gasteiger charge is -2.21. The molecule has 0 amide bonds.